The van der Waals surface area contributed by atoms with Crippen LogP contribution in [0.25, 0.3) is 5.69 Å². The lowest BCUT2D eigenvalue weighted by Gasteiger charge is -2.15. The first-order valence-corrected chi connectivity index (χ1v) is 5.96. The van der Waals surface area contributed by atoms with Crippen molar-refractivity contribution in [3.05, 3.63) is 47.3 Å². The highest BCUT2D eigenvalue weighted by Gasteiger charge is 2.20. The Balaban J connectivity index is 2.14. The topological polar surface area (TPSA) is 55.9 Å². The molecule has 88 valence electrons. The van der Waals surface area contributed by atoms with Crippen molar-refractivity contribution in [1.82, 2.24) is 15.1 Å². The summed E-state index contributed by atoms with van der Waals surface area (Å²) in [5.41, 5.74) is 10.5. The van der Waals surface area contributed by atoms with Crippen molar-refractivity contribution in [3.63, 3.8) is 0 Å². The first-order valence-electron chi connectivity index (χ1n) is 5.96. The third-order valence-electron chi connectivity index (χ3n) is 3.21. The van der Waals surface area contributed by atoms with Crippen molar-refractivity contribution in [1.29, 1.82) is 0 Å². The predicted molar refractivity (Wildman–Crippen MR) is 66.9 cm³/mol. The van der Waals surface area contributed by atoms with Crippen molar-refractivity contribution in [2.45, 2.75) is 19.5 Å². The number of hydrogen-bond donors (Lipinski definition) is 2. The van der Waals surface area contributed by atoms with Crippen molar-refractivity contribution < 1.29 is 0 Å². The van der Waals surface area contributed by atoms with Gasteiger partial charge in [0.25, 0.3) is 0 Å². The van der Waals surface area contributed by atoms with Crippen LogP contribution >= 0.6 is 0 Å². The second-order valence-corrected chi connectivity index (χ2v) is 4.25. The Bertz CT molecular complexity index is 516. The van der Waals surface area contributed by atoms with Crippen LogP contribution < -0.4 is 11.1 Å². The molecule has 2 aromatic rings. The lowest BCUT2D eigenvalue weighted by Crippen LogP contribution is -2.25. The molecule has 0 atom stereocenters. The summed E-state index contributed by atoms with van der Waals surface area (Å²) in [5, 5.41) is 8.02. The van der Waals surface area contributed by atoms with Crippen molar-refractivity contribution >= 4 is 0 Å². The molecule has 0 bridgehead atoms. The minimum Gasteiger partial charge on any atom is -0.325 e. The fraction of sp³-hybridized carbons (Fsp3) is 0.308. The Morgan fingerprint density at radius 3 is 2.88 bits per heavy atom. The van der Waals surface area contributed by atoms with Crippen LogP contribution in [0.3, 0.4) is 0 Å². The normalized spacial score (nSPS) is 14.6. The maximum absolute atomic E-state index is 5.77. The van der Waals surface area contributed by atoms with E-state index in [1.165, 1.54) is 11.3 Å². The van der Waals surface area contributed by atoms with E-state index < -0.39 is 0 Å². The summed E-state index contributed by atoms with van der Waals surface area (Å²) >= 11 is 0. The molecule has 0 amide bonds. The van der Waals surface area contributed by atoms with Crippen molar-refractivity contribution in [2.75, 3.05) is 6.54 Å². The molecule has 1 aromatic heterocycles. The van der Waals surface area contributed by atoms with Crippen LogP contribution in [-0.2, 0) is 19.5 Å². The van der Waals surface area contributed by atoms with Crippen molar-refractivity contribution in [2.24, 2.45) is 5.73 Å². The van der Waals surface area contributed by atoms with E-state index in [9.17, 15) is 0 Å². The Morgan fingerprint density at radius 1 is 1.29 bits per heavy atom. The van der Waals surface area contributed by atoms with Gasteiger partial charge in [0.15, 0.2) is 0 Å². The maximum Gasteiger partial charge on any atom is 0.0800 e. The summed E-state index contributed by atoms with van der Waals surface area (Å²) in [6.45, 7) is 2.40. The van der Waals surface area contributed by atoms with Crippen LogP contribution in [0.4, 0.5) is 0 Å². The van der Waals surface area contributed by atoms with Gasteiger partial charge in [-0.2, -0.15) is 5.10 Å². The standard InChI is InChI=1S/C13H16N4/c14-8-12-11-6-7-15-9-13(11)17(16-12)10-4-2-1-3-5-10/h1-5,15H,6-9,14H2. The molecule has 0 fully saturated rings. The zero-order valence-electron chi connectivity index (χ0n) is 9.69. The van der Waals surface area contributed by atoms with Crippen LogP contribution in [0.2, 0.25) is 0 Å². The summed E-state index contributed by atoms with van der Waals surface area (Å²) in [6.07, 6.45) is 1.02. The zero-order valence-corrected chi connectivity index (χ0v) is 9.69. The minimum absolute atomic E-state index is 0.516. The van der Waals surface area contributed by atoms with E-state index in [1.54, 1.807) is 0 Å². The Hall–Kier alpha value is -1.65. The number of aromatic nitrogens is 2. The molecule has 4 heteroatoms. The van der Waals surface area contributed by atoms with E-state index in [0.717, 1.165) is 30.9 Å². The molecule has 0 saturated carbocycles. The molecule has 2 heterocycles. The monoisotopic (exact) mass is 228 g/mol. The van der Waals surface area contributed by atoms with Crippen LogP contribution in [0, 0.1) is 0 Å². The highest BCUT2D eigenvalue weighted by atomic mass is 15.3. The molecule has 0 spiro atoms. The Labute approximate surface area is 100 Å². The summed E-state index contributed by atoms with van der Waals surface area (Å²) < 4.78 is 2.02. The molecule has 1 aromatic carbocycles. The average molecular weight is 228 g/mol. The summed E-state index contributed by atoms with van der Waals surface area (Å²) in [4.78, 5) is 0. The number of benzene rings is 1. The molecular weight excluding hydrogens is 212 g/mol. The average Bonchev–Trinajstić information content (AvgIpc) is 2.78. The largest absolute Gasteiger partial charge is 0.325 e. The lowest BCUT2D eigenvalue weighted by atomic mass is 10.1. The lowest BCUT2D eigenvalue weighted by molar-refractivity contribution is 0.614. The second kappa shape index (κ2) is 4.31. The molecule has 0 radical (unpaired) electrons. The molecule has 3 rings (SSSR count). The molecule has 0 aliphatic carbocycles. The third-order valence-corrected chi connectivity index (χ3v) is 3.21. The quantitative estimate of drug-likeness (QED) is 0.805. The second-order valence-electron chi connectivity index (χ2n) is 4.25. The minimum atomic E-state index is 0.516. The number of nitrogens with zero attached hydrogens (tertiary/aromatic N) is 2. The smallest absolute Gasteiger partial charge is 0.0800 e. The Morgan fingerprint density at radius 2 is 2.12 bits per heavy atom. The highest BCUT2D eigenvalue weighted by molar-refractivity contribution is 5.38. The summed E-state index contributed by atoms with van der Waals surface area (Å²) in [7, 11) is 0. The molecular formula is C13H16N4. The third kappa shape index (κ3) is 1.75. The van der Waals surface area contributed by atoms with Gasteiger partial charge in [0, 0.05) is 18.7 Å². The predicted octanol–water partition coefficient (Wildman–Crippen LogP) is 0.977. The van der Waals surface area contributed by atoms with E-state index in [4.69, 9.17) is 5.73 Å². The van der Waals surface area contributed by atoms with Gasteiger partial charge in [-0.1, -0.05) is 18.2 Å². The van der Waals surface area contributed by atoms with E-state index in [1.807, 2.05) is 22.9 Å². The first kappa shape index (κ1) is 10.5. The fourth-order valence-corrected chi connectivity index (χ4v) is 2.37. The van der Waals surface area contributed by atoms with Crippen LogP contribution in [0.15, 0.2) is 30.3 Å². The van der Waals surface area contributed by atoms with Gasteiger partial charge in [-0.05, 0) is 25.1 Å². The Kier molecular flexibility index (Phi) is 2.66. The number of hydrogen-bond acceptors (Lipinski definition) is 3. The van der Waals surface area contributed by atoms with Gasteiger partial charge in [-0.15, -0.1) is 0 Å². The van der Waals surface area contributed by atoms with Gasteiger partial charge in [-0.3, -0.25) is 0 Å². The van der Waals surface area contributed by atoms with E-state index in [0.29, 0.717) is 6.54 Å². The zero-order chi connectivity index (χ0) is 11.7. The van der Waals surface area contributed by atoms with E-state index >= 15 is 0 Å². The number of fused-ring (bicyclic) bond motifs is 1. The van der Waals surface area contributed by atoms with Crippen molar-refractivity contribution in [3.8, 4) is 5.69 Å². The molecule has 4 nitrogen and oxygen atoms in total. The highest BCUT2D eigenvalue weighted by Crippen LogP contribution is 2.21. The van der Waals surface area contributed by atoms with E-state index in [-0.39, 0.29) is 0 Å². The number of nitrogens with one attached hydrogen (secondary N) is 1. The van der Waals surface area contributed by atoms with Gasteiger partial charge in [-0.25, -0.2) is 4.68 Å². The maximum atomic E-state index is 5.77. The van der Waals surface area contributed by atoms with Crippen LogP contribution in [0.1, 0.15) is 17.0 Å². The SMILES string of the molecule is NCc1nn(-c2ccccc2)c2c1CCNC2. The molecule has 1 aliphatic rings. The number of para-hydroxylation sites is 1. The van der Waals surface area contributed by atoms with Gasteiger partial charge in [0.2, 0.25) is 0 Å². The molecule has 0 unspecified atom stereocenters. The first-order chi connectivity index (χ1) is 8.40. The van der Waals surface area contributed by atoms with Crippen LogP contribution in [-0.4, -0.2) is 16.3 Å². The molecule has 0 saturated heterocycles. The molecule has 1 aliphatic heterocycles. The molecule has 3 N–H and O–H groups in total. The summed E-state index contributed by atoms with van der Waals surface area (Å²) in [5.74, 6) is 0. The number of nitrogens with two attached hydrogens (primary N) is 1. The van der Waals surface area contributed by atoms with Gasteiger partial charge >= 0.3 is 0 Å². The fourth-order valence-electron chi connectivity index (χ4n) is 2.37. The van der Waals surface area contributed by atoms with E-state index in [2.05, 4.69) is 22.5 Å². The van der Waals surface area contributed by atoms with Gasteiger partial charge < -0.3 is 11.1 Å². The van der Waals surface area contributed by atoms with Gasteiger partial charge in [0.05, 0.1) is 17.1 Å². The number of rotatable bonds is 2. The molecule has 17 heavy (non-hydrogen) atoms. The van der Waals surface area contributed by atoms with Crippen LogP contribution in [0.5, 0.6) is 0 Å². The van der Waals surface area contributed by atoms with Gasteiger partial charge in [0.1, 0.15) is 0 Å². The summed E-state index contributed by atoms with van der Waals surface area (Å²) in [6, 6.07) is 10.2.